The van der Waals surface area contributed by atoms with Crippen molar-refractivity contribution in [2.24, 2.45) is 5.92 Å². The maximum atomic E-state index is 13.5. The SMILES string of the molecule is Cc1ccc(C)c(NC(=O)C(c2ccccc2)N2CCC(C(=O)Nc3ccccc3O)CC2)c1. The number of phenols is 1. The molecular weight excluding hydrogens is 426 g/mol. The van der Waals surface area contributed by atoms with Crippen LogP contribution in [-0.2, 0) is 9.59 Å². The number of anilines is 2. The van der Waals surface area contributed by atoms with Crippen LogP contribution in [0.3, 0.4) is 0 Å². The molecule has 1 aliphatic rings. The second kappa shape index (κ2) is 10.5. The molecule has 176 valence electrons. The summed E-state index contributed by atoms with van der Waals surface area (Å²) in [5.74, 6) is -0.288. The summed E-state index contributed by atoms with van der Waals surface area (Å²) in [6.45, 7) is 5.24. The summed E-state index contributed by atoms with van der Waals surface area (Å²) in [6.07, 6.45) is 1.28. The lowest BCUT2D eigenvalue weighted by Gasteiger charge is -2.36. The van der Waals surface area contributed by atoms with E-state index >= 15 is 0 Å². The number of rotatable bonds is 6. The standard InChI is InChI=1S/C28H31N3O3/c1-19-12-13-20(2)24(18-19)30-28(34)26(21-8-4-3-5-9-21)31-16-14-22(15-17-31)27(33)29-23-10-6-7-11-25(23)32/h3-13,18,22,26,32H,14-17H2,1-2H3,(H,29,33)(H,30,34). The molecule has 3 N–H and O–H groups in total. The predicted octanol–water partition coefficient (Wildman–Crippen LogP) is 5.04. The molecule has 2 amide bonds. The Balaban J connectivity index is 1.47. The molecule has 1 unspecified atom stereocenters. The summed E-state index contributed by atoms with van der Waals surface area (Å²) >= 11 is 0. The monoisotopic (exact) mass is 457 g/mol. The molecule has 1 aliphatic heterocycles. The Hall–Kier alpha value is -3.64. The first-order chi connectivity index (χ1) is 16.4. The normalized spacial score (nSPS) is 15.5. The van der Waals surface area contributed by atoms with E-state index in [-0.39, 0.29) is 23.5 Å². The summed E-state index contributed by atoms with van der Waals surface area (Å²) < 4.78 is 0. The number of nitrogens with one attached hydrogen (secondary N) is 2. The van der Waals surface area contributed by atoms with Gasteiger partial charge in [0.2, 0.25) is 11.8 Å². The number of benzene rings is 3. The highest BCUT2D eigenvalue weighted by atomic mass is 16.3. The van der Waals surface area contributed by atoms with Crippen LogP contribution in [0.4, 0.5) is 11.4 Å². The molecule has 1 atom stereocenters. The van der Waals surface area contributed by atoms with E-state index in [2.05, 4.69) is 15.5 Å². The summed E-state index contributed by atoms with van der Waals surface area (Å²) in [5.41, 5.74) is 4.29. The first-order valence-corrected chi connectivity index (χ1v) is 11.7. The lowest BCUT2D eigenvalue weighted by Crippen LogP contribution is -2.44. The van der Waals surface area contributed by atoms with Gasteiger partial charge in [0.25, 0.3) is 0 Å². The third-order valence-corrected chi connectivity index (χ3v) is 6.44. The number of carbonyl (C=O) groups excluding carboxylic acids is 2. The zero-order valence-electron chi connectivity index (χ0n) is 19.6. The zero-order chi connectivity index (χ0) is 24.1. The number of hydrogen-bond donors (Lipinski definition) is 3. The average Bonchev–Trinajstić information content (AvgIpc) is 2.84. The fraction of sp³-hybridized carbons (Fsp3) is 0.286. The Labute approximate surface area is 200 Å². The van der Waals surface area contributed by atoms with E-state index in [9.17, 15) is 14.7 Å². The fourth-order valence-electron chi connectivity index (χ4n) is 4.47. The third kappa shape index (κ3) is 5.46. The summed E-state index contributed by atoms with van der Waals surface area (Å²) in [7, 11) is 0. The zero-order valence-corrected chi connectivity index (χ0v) is 19.6. The van der Waals surface area contributed by atoms with Gasteiger partial charge in [-0.2, -0.15) is 0 Å². The number of para-hydroxylation sites is 2. The molecule has 34 heavy (non-hydrogen) atoms. The molecule has 6 heteroatoms. The third-order valence-electron chi connectivity index (χ3n) is 6.44. The van der Waals surface area contributed by atoms with E-state index in [4.69, 9.17) is 0 Å². The van der Waals surface area contributed by atoms with Crippen molar-refractivity contribution in [3.05, 3.63) is 89.5 Å². The highest BCUT2D eigenvalue weighted by Gasteiger charge is 2.33. The van der Waals surface area contributed by atoms with Gasteiger partial charge in [-0.15, -0.1) is 0 Å². The summed E-state index contributed by atoms with van der Waals surface area (Å²) in [5, 5.41) is 15.9. The van der Waals surface area contributed by atoms with E-state index in [0.717, 1.165) is 22.4 Å². The number of aryl methyl sites for hydroxylation is 2. The molecule has 1 fully saturated rings. The number of nitrogens with zero attached hydrogens (tertiary/aromatic N) is 1. The number of likely N-dealkylation sites (tertiary alicyclic amines) is 1. The van der Waals surface area contributed by atoms with Gasteiger partial charge >= 0.3 is 0 Å². The van der Waals surface area contributed by atoms with E-state index < -0.39 is 6.04 Å². The van der Waals surface area contributed by atoms with Gasteiger partial charge in [-0.1, -0.05) is 54.6 Å². The largest absolute Gasteiger partial charge is 0.506 e. The molecule has 0 radical (unpaired) electrons. The Morgan fingerprint density at radius 1 is 0.882 bits per heavy atom. The second-order valence-electron chi connectivity index (χ2n) is 8.94. The van der Waals surface area contributed by atoms with Crippen LogP contribution in [0, 0.1) is 19.8 Å². The van der Waals surface area contributed by atoms with Crippen molar-refractivity contribution in [2.45, 2.75) is 32.7 Å². The minimum atomic E-state index is -0.441. The summed E-state index contributed by atoms with van der Waals surface area (Å²) in [6, 6.07) is 22.1. The van der Waals surface area contributed by atoms with Gasteiger partial charge in [-0.25, -0.2) is 0 Å². The highest BCUT2D eigenvalue weighted by molar-refractivity contribution is 5.96. The quantitative estimate of drug-likeness (QED) is 0.453. The van der Waals surface area contributed by atoms with Crippen molar-refractivity contribution in [3.63, 3.8) is 0 Å². The molecule has 3 aromatic rings. The van der Waals surface area contributed by atoms with Crippen LogP contribution in [0.1, 0.15) is 35.6 Å². The Kier molecular flexibility index (Phi) is 7.28. The number of phenolic OH excluding ortho intramolecular Hbond substituents is 1. The highest BCUT2D eigenvalue weighted by Crippen LogP contribution is 2.30. The molecular formula is C28H31N3O3. The summed E-state index contributed by atoms with van der Waals surface area (Å²) in [4.78, 5) is 28.5. The number of carbonyl (C=O) groups is 2. The molecule has 0 spiro atoms. The fourth-order valence-corrected chi connectivity index (χ4v) is 4.47. The predicted molar refractivity (Wildman–Crippen MR) is 135 cm³/mol. The first-order valence-electron chi connectivity index (χ1n) is 11.7. The van der Waals surface area contributed by atoms with Gasteiger partial charge in [-0.05, 0) is 74.7 Å². The maximum absolute atomic E-state index is 13.5. The van der Waals surface area contributed by atoms with E-state index in [0.29, 0.717) is 31.6 Å². The Bertz CT molecular complexity index is 1150. The van der Waals surface area contributed by atoms with Crippen molar-refractivity contribution in [1.29, 1.82) is 0 Å². The Morgan fingerprint density at radius 3 is 2.26 bits per heavy atom. The smallest absolute Gasteiger partial charge is 0.246 e. The van der Waals surface area contributed by atoms with Crippen LogP contribution in [0.2, 0.25) is 0 Å². The molecule has 0 bridgehead atoms. The van der Waals surface area contributed by atoms with Crippen LogP contribution >= 0.6 is 0 Å². The molecule has 0 aromatic heterocycles. The van der Waals surface area contributed by atoms with Crippen LogP contribution in [0.5, 0.6) is 5.75 Å². The van der Waals surface area contributed by atoms with E-state index in [1.165, 1.54) is 0 Å². The maximum Gasteiger partial charge on any atom is 0.246 e. The molecule has 3 aromatic carbocycles. The number of hydrogen-bond acceptors (Lipinski definition) is 4. The van der Waals surface area contributed by atoms with Gasteiger partial charge in [0.15, 0.2) is 0 Å². The van der Waals surface area contributed by atoms with Crippen molar-refractivity contribution in [3.8, 4) is 5.75 Å². The molecule has 4 rings (SSSR count). The van der Waals surface area contributed by atoms with Crippen molar-refractivity contribution < 1.29 is 14.7 Å². The number of piperidine rings is 1. The number of amides is 2. The minimum Gasteiger partial charge on any atom is -0.506 e. The van der Waals surface area contributed by atoms with Crippen LogP contribution in [-0.4, -0.2) is 34.9 Å². The second-order valence-corrected chi connectivity index (χ2v) is 8.94. The van der Waals surface area contributed by atoms with Crippen LogP contribution in [0.15, 0.2) is 72.8 Å². The van der Waals surface area contributed by atoms with E-state index in [1.807, 2.05) is 62.4 Å². The van der Waals surface area contributed by atoms with Crippen molar-refractivity contribution in [1.82, 2.24) is 4.90 Å². The van der Waals surface area contributed by atoms with Crippen LogP contribution < -0.4 is 10.6 Å². The van der Waals surface area contributed by atoms with Gasteiger partial charge in [-0.3, -0.25) is 14.5 Å². The topological polar surface area (TPSA) is 81.7 Å². The van der Waals surface area contributed by atoms with Gasteiger partial charge in [0.05, 0.1) is 5.69 Å². The van der Waals surface area contributed by atoms with Gasteiger partial charge < -0.3 is 15.7 Å². The van der Waals surface area contributed by atoms with Crippen molar-refractivity contribution >= 4 is 23.2 Å². The molecule has 1 heterocycles. The average molecular weight is 458 g/mol. The Morgan fingerprint density at radius 2 is 1.56 bits per heavy atom. The van der Waals surface area contributed by atoms with E-state index in [1.54, 1.807) is 24.3 Å². The first kappa shape index (κ1) is 23.5. The minimum absolute atomic E-state index is 0.0561. The molecule has 1 saturated heterocycles. The van der Waals surface area contributed by atoms with Gasteiger partial charge in [0, 0.05) is 11.6 Å². The lowest BCUT2D eigenvalue weighted by atomic mass is 9.93. The molecule has 6 nitrogen and oxygen atoms in total. The van der Waals surface area contributed by atoms with Crippen molar-refractivity contribution in [2.75, 3.05) is 23.7 Å². The van der Waals surface area contributed by atoms with Gasteiger partial charge in [0.1, 0.15) is 11.8 Å². The molecule has 0 aliphatic carbocycles. The molecule has 0 saturated carbocycles. The number of aromatic hydroxyl groups is 1. The lowest BCUT2D eigenvalue weighted by molar-refractivity contribution is -0.124. The van der Waals surface area contributed by atoms with Crippen LogP contribution in [0.25, 0.3) is 0 Å².